The average molecular weight is 403 g/mol. The summed E-state index contributed by atoms with van der Waals surface area (Å²) in [6.07, 6.45) is 5.70. The molecule has 4 aliphatic carbocycles. The van der Waals surface area contributed by atoms with Crippen molar-refractivity contribution in [3.63, 3.8) is 0 Å². The fourth-order valence-corrected chi connectivity index (χ4v) is 6.83. The quantitative estimate of drug-likeness (QED) is 0.430. The number of methoxy groups -OCH3 is 1. The molecule has 0 saturated heterocycles. The Morgan fingerprint density at radius 1 is 1.21 bits per heavy atom. The molecule has 0 amide bonds. The van der Waals surface area contributed by atoms with Gasteiger partial charge in [-0.05, 0) is 62.5 Å². The Morgan fingerprint density at radius 2 is 1.96 bits per heavy atom. The summed E-state index contributed by atoms with van der Waals surface area (Å²) in [5.41, 5.74) is 0.144. The Morgan fingerprint density at radius 3 is 2.64 bits per heavy atom. The molecule has 4 saturated carbocycles. The second-order valence-electron chi connectivity index (χ2n) is 8.92. The van der Waals surface area contributed by atoms with Crippen LogP contribution in [0.15, 0.2) is 33.5 Å². The second-order valence-corrected chi connectivity index (χ2v) is 9.72. The Bertz CT molecular complexity index is 996. The van der Waals surface area contributed by atoms with E-state index in [2.05, 4.69) is 0 Å². The minimum absolute atomic E-state index is 0.0552. The molecule has 4 aliphatic rings. The summed E-state index contributed by atoms with van der Waals surface area (Å²) in [6.45, 7) is 0.0552. The predicted molar refractivity (Wildman–Crippen MR) is 105 cm³/mol. The van der Waals surface area contributed by atoms with Gasteiger partial charge in [0.1, 0.15) is 17.9 Å². The third-order valence-corrected chi connectivity index (χ3v) is 7.26. The van der Waals surface area contributed by atoms with Crippen molar-refractivity contribution in [2.45, 2.75) is 50.0 Å². The molecule has 148 valence electrons. The van der Waals surface area contributed by atoms with E-state index in [1.54, 1.807) is 19.2 Å². The van der Waals surface area contributed by atoms with E-state index in [-0.39, 0.29) is 17.5 Å². The number of benzene rings is 1. The van der Waals surface area contributed by atoms with Gasteiger partial charge in [0.05, 0.1) is 12.5 Å². The zero-order valence-corrected chi connectivity index (χ0v) is 16.6. The molecule has 6 rings (SSSR count). The van der Waals surface area contributed by atoms with E-state index in [9.17, 15) is 9.59 Å². The zero-order chi connectivity index (χ0) is 19.5. The van der Waals surface area contributed by atoms with Crippen molar-refractivity contribution in [1.82, 2.24) is 0 Å². The summed E-state index contributed by atoms with van der Waals surface area (Å²) < 4.78 is 16.2. The smallest absolute Gasteiger partial charge is 0.336 e. The van der Waals surface area contributed by atoms with Gasteiger partial charge in [0.2, 0.25) is 0 Å². The summed E-state index contributed by atoms with van der Waals surface area (Å²) in [4.78, 5) is 24.8. The van der Waals surface area contributed by atoms with Gasteiger partial charge < -0.3 is 13.9 Å². The fraction of sp³-hybridized carbons (Fsp3) is 0.545. The molecule has 2 atom stereocenters. The van der Waals surface area contributed by atoms with Crippen LogP contribution in [0.5, 0.6) is 5.75 Å². The second kappa shape index (κ2) is 6.24. The normalized spacial score (nSPS) is 33.2. The Hall–Kier alpha value is -2.01. The summed E-state index contributed by atoms with van der Waals surface area (Å²) in [6, 6.07) is 6.67. The van der Waals surface area contributed by atoms with Crippen molar-refractivity contribution in [3.05, 3.63) is 40.2 Å². The molecule has 0 spiro atoms. The molecule has 5 nitrogen and oxygen atoms in total. The van der Waals surface area contributed by atoms with Crippen LogP contribution in [0, 0.1) is 17.3 Å². The highest BCUT2D eigenvalue weighted by atomic mass is 35.5. The van der Waals surface area contributed by atoms with Crippen LogP contribution in [0.25, 0.3) is 11.0 Å². The van der Waals surface area contributed by atoms with Crippen molar-refractivity contribution in [2.75, 3.05) is 7.11 Å². The lowest BCUT2D eigenvalue weighted by Crippen LogP contribution is -2.56. The average Bonchev–Trinajstić information content (AvgIpc) is 2.63. The van der Waals surface area contributed by atoms with Crippen molar-refractivity contribution in [1.29, 1.82) is 0 Å². The molecule has 0 N–H and O–H groups in total. The Balaban J connectivity index is 1.39. The molecule has 1 heterocycles. The minimum atomic E-state index is -0.471. The van der Waals surface area contributed by atoms with E-state index in [4.69, 9.17) is 25.5 Å². The fourth-order valence-electron chi connectivity index (χ4n) is 6.14. The van der Waals surface area contributed by atoms with E-state index in [1.165, 1.54) is 12.5 Å². The zero-order valence-electron chi connectivity index (χ0n) is 15.8. The molecule has 28 heavy (non-hydrogen) atoms. The number of fused-ring (bicyclic) bond motifs is 1. The third kappa shape index (κ3) is 2.91. The maximum absolute atomic E-state index is 13.1. The van der Waals surface area contributed by atoms with Crippen LogP contribution < -0.4 is 10.4 Å². The van der Waals surface area contributed by atoms with Crippen LogP contribution in [-0.2, 0) is 16.1 Å². The van der Waals surface area contributed by atoms with Crippen molar-refractivity contribution >= 4 is 28.5 Å². The van der Waals surface area contributed by atoms with Gasteiger partial charge in [-0.2, -0.15) is 0 Å². The lowest BCUT2D eigenvalue weighted by atomic mass is 9.49. The van der Waals surface area contributed by atoms with Gasteiger partial charge >= 0.3 is 11.6 Å². The Labute approximate surface area is 167 Å². The van der Waals surface area contributed by atoms with Crippen LogP contribution in [0.3, 0.4) is 0 Å². The molecule has 2 unspecified atom stereocenters. The van der Waals surface area contributed by atoms with Crippen molar-refractivity contribution in [3.8, 4) is 5.75 Å². The van der Waals surface area contributed by atoms with E-state index in [1.807, 2.05) is 6.07 Å². The number of carbonyl (C=O) groups is 1. The molecule has 2 aromatic rings. The number of ether oxygens (including phenoxy) is 2. The Kier molecular flexibility index (Phi) is 4.02. The molecule has 1 aromatic carbocycles. The van der Waals surface area contributed by atoms with E-state index >= 15 is 0 Å². The van der Waals surface area contributed by atoms with Gasteiger partial charge in [-0.1, -0.05) is 0 Å². The van der Waals surface area contributed by atoms with Crippen LogP contribution in [0.2, 0.25) is 0 Å². The van der Waals surface area contributed by atoms with Gasteiger partial charge in [0.25, 0.3) is 0 Å². The van der Waals surface area contributed by atoms with E-state index in [0.29, 0.717) is 35.2 Å². The maximum atomic E-state index is 13.1. The molecular formula is C22H23ClO5. The van der Waals surface area contributed by atoms with Gasteiger partial charge in [0, 0.05) is 28.0 Å². The highest BCUT2D eigenvalue weighted by Gasteiger charge is 2.60. The summed E-state index contributed by atoms with van der Waals surface area (Å²) in [5.74, 6) is 1.50. The topological polar surface area (TPSA) is 65.7 Å². The number of halogens is 1. The minimum Gasteiger partial charge on any atom is -0.497 e. The van der Waals surface area contributed by atoms with E-state index in [0.717, 1.165) is 31.1 Å². The SMILES string of the molecule is COc1ccc2c(COC(=O)C34CC5CC(CC(Cl)(C5)C3)C4)cc(=O)oc2c1. The molecular weight excluding hydrogens is 380 g/mol. The molecule has 0 radical (unpaired) electrons. The van der Waals surface area contributed by atoms with Gasteiger partial charge in [-0.15, -0.1) is 11.6 Å². The van der Waals surface area contributed by atoms with Crippen LogP contribution in [0.4, 0.5) is 0 Å². The number of esters is 1. The van der Waals surface area contributed by atoms with Crippen LogP contribution in [-0.4, -0.2) is 18.0 Å². The first-order valence-electron chi connectivity index (χ1n) is 9.85. The highest BCUT2D eigenvalue weighted by molar-refractivity contribution is 6.24. The van der Waals surface area contributed by atoms with Gasteiger partial charge in [0.15, 0.2) is 0 Å². The molecule has 4 bridgehead atoms. The highest BCUT2D eigenvalue weighted by Crippen LogP contribution is 2.64. The summed E-state index contributed by atoms with van der Waals surface area (Å²) in [7, 11) is 1.56. The first-order chi connectivity index (χ1) is 13.4. The standard InChI is InChI=1S/C22H23ClO5/c1-26-16-2-3-17-15(5-19(24)28-18(17)6-16)11-27-20(25)21-7-13-4-14(8-21)10-22(23,9-13)12-21/h2-3,5-6,13-14H,4,7-12H2,1H3. The predicted octanol–water partition coefficient (Wildman–Crippen LogP) is 4.42. The van der Waals surface area contributed by atoms with Crippen molar-refractivity contribution in [2.24, 2.45) is 17.3 Å². The molecule has 0 aliphatic heterocycles. The van der Waals surface area contributed by atoms with Crippen LogP contribution in [0.1, 0.15) is 44.1 Å². The number of rotatable bonds is 4. The molecule has 6 heteroatoms. The molecule has 1 aromatic heterocycles. The molecule has 4 fully saturated rings. The van der Waals surface area contributed by atoms with E-state index < -0.39 is 11.0 Å². The third-order valence-electron chi connectivity index (χ3n) is 6.82. The first-order valence-corrected chi connectivity index (χ1v) is 10.2. The number of hydrogen-bond acceptors (Lipinski definition) is 5. The number of hydrogen-bond donors (Lipinski definition) is 0. The lowest BCUT2D eigenvalue weighted by Gasteiger charge is -2.58. The van der Waals surface area contributed by atoms with Crippen molar-refractivity contribution < 1.29 is 18.7 Å². The number of alkyl halides is 1. The first kappa shape index (κ1) is 18.0. The largest absolute Gasteiger partial charge is 0.497 e. The van der Waals surface area contributed by atoms with Crippen LogP contribution >= 0.6 is 11.6 Å². The monoisotopic (exact) mass is 402 g/mol. The maximum Gasteiger partial charge on any atom is 0.336 e. The number of carbonyl (C=O) groups excluding carboxylic acids is 1. The van der Waals surface area contributed by atoms with Gasteiger partial charge in [-0.3, -0.25) is 4.79 Å². The lowest BCUT2D eigenvalue weighted by molar-refractivity contribution is -0.171. The summed E-state index contributed by atoms with van der Waals surface area (Å²) >= 11 is 6.84. The summed E-state index contributed by atoms with van der Waals surface area (Å²) in [5, 5.41) is 0.743. The van der Waals surface area contributed by atoms with Gasteiger partial charge in [-0.25, -0.2) is 4.79 Å².